The highest BCUT2D eigenvalue weighted by atomic mass is 16.5. The van der Waals surface area contributed by atoms with E-state index in [0.29, 0.717) is 26.4 Å². The van der Waals surface area contributed by atoms with Crippen molar-refractivity contribution in [1.29, 1.82) is 0 Å². The molecule has 0 amide bonds. The van der Waals surface area contributed by atoms with E-state index in [0.717, 1.165) is 11.5 Å². The molecule has 0 aliphatic heterocycles. The first-order chi connectivity index (χ1) is 7.36. The van der Waals surface area contributed by atoms with Gasteiger partial charge in [0.2, 0.25) is 0 Å². The van der Waals surface area contributed by atoms with Gasteiger partial charge in [-0.2, -0.15) is 0 Å². The quantitative estimate of drug-likeness (QED) is 0.685. The van der Waals surface area contributed by atoms with Crippen molar-refractivity contribution in [3.8, 4) is 11.5 Å². The second-order valence-electron chi connectivity index (χ2n) is 2.95. The molecule has 0 unspecified atom stereocenters. The van der Waals surface area contributed by atoms with Gasteiger partial charge in [-0.05, 0) is 12.1 Å². The topological polar surface area (TPSA) is 53.7 Å². The summed E-state index contributed by atoms with van der Waals surface area (Å²) in [5.74, 6) is 1.55. The predicted molar refractivity (Wildman–Crippen MR) is 58.4 cm³/mol. The second kappa shape index (κ2) is 7.09. The van der Waals surface area contributed by atoms with Gasteiger partial charge in [-0.25, -0.2) is 0 Å². The molecule has 0 radical (unpaired) electrons. The van der Waals surface area contributed by atoms with Crippen molar-refractivity contribution in [3.63, 3.8) is 0 Å². The van der Waals surface area contributed by atoms with E-state index in [2.05, 4.69) is 0 Å². The van der Waals surface area contributed by atoms with Crippen molar-refractivity contribution < 1.29 is 14.2 Å². The molecule has 4 heteroatoms. The molecule has 84 valence electrons. The van der Waals surface area contributed by atoms with E-state index < -0.39 is 0 Å². The summed E-state index contributed by atoms with van der Waals surface area (Å²) in [6, 6.07) is 7.48. The zero-order chi connectivity index (χ0) is 10.9. The summed E-state index contributed by atoms with van der Waals surface area (Å²) in [7, 11) is 1.64. The van der Waals surface area contributed by atoms with Crippen LogP contribution in [0, 0.1) is 0 Å². The number of benzene rings is 1. The van der Waals surface area contributed by atoms with Crippen LogP contribution in [0.4, 0.5) is 0 Å². The Balaban J connectivity index is 2.42. The summed E-state index contributed by atoms with van der Waals surface area (Å²) < 4.78 is 15.7. The first-order valence-electron chi connectivity index (χ1n) is 4.91. The number of nitrogens with two attached hydrogens (primary N) is 1. The molecule has 1 rings (SSSR count). The minimum absolute atomic E-state index is 0.509. The Bertz CT molecular complexity index is 278. The molecule has 0 atom stereocenters. The molecule has 0 fully saturated rings. The van der Waals surface area contributed by atoms with Crippen LogP contribution in [0.1, 0.15) is 0 Å². The summed E-state index contributed by atoms with van der Waals surface area (Å²) in [5, 5.41) is 0. The Labute approximate surface area is 89.9 Å². The van der Waals surface area contributed by atoms with Gasteiger partial charge in [-0.3, -0.25) is 0 Å². The van der Waals surface area contributed by atoms with Gasteiger partial charge in [0.25, 0.3) is 0 Å². The van der Waals surface area contributed by atoms with E-state index in [1.807, 2.05) is 24.3 Å². The number of hydrogen-bond acceptors (Lipinski definition) is 4. The highest BCUT2D eigenvalue weighted by molar-refractivity contribution is 5.32. The highest BCUT2D eigenvalue weighted by Gasteiger charge is 1.97. The van der Waals surface area contributed by atoms with Crippen LogP contribution in [0.25, 0.3) is 0 Å². The third-order valence-electron chi connectivity index (χ3n) is 1.75. The maximum atomic E-state index is 5.43. The highest BCUT2D eigenvalue weighted by Crippen LogP contribution is 2.18. The Kier molecular flexibility index (Phi) is 5.58. The van der Waals surface area contributed by atoms with Gasteiger partial charge < -0.3 is 19.9 Å². The van der Waals surface area contributed by atoms with Crippen LogP contribution in [0.2, 0.25) is 0 Å². The van der Waals surface area contributed by atoms with Crippen LogP contribution >= 0.6 is 0 Å². The van der Waals surface area contributed by atoms with Crippen molar-refractivity contribution in [3.05, 3.63) is 24.3 Å². The number of hydrogen-bond donors (Lipinski definition) is 1. The zero-order valence-electron chi connectivity index (χ0n) is 8.94. The summed E-state index contributed by atoms with van der Waals surface area (Å²) >= 11 is 0. The zero-order valence-corrected chi connectivity index (χ0v) is 8.94. The van der Waals surface area contributed by atoms with Gasteiger partial charge in [-0.15, -0.1) is 0 Å². The molecular weight excluding hydrogens is 194 g/mol. The molecular formula is C11H17NO3. The predicted octanol–water partition coefficient (Wildman–Crippen LogP) is 1.05. The maximum absolute atomic E-state index is 5.43. The molecule has 4 nitrogen and oxygen atoms in total. The largest absolute Gasteiger partial charge is 0.492 e. The molecule has 1 aromatic rings. The van der Waals surface area contributed by atoms with Crippen LogP contribution in [0.3, 0.4) is 0 Å². The molecule has 0 saturated carbocycles. The Morgan fingerprint density at radius 1 is 1.07 bits per heavy atom. The van der Waals surface area contributed by atoms with Crippen LogP contribution in [-0.2, 0) is 4.74 Å². The lowest BCUT2D eigenvalue weighted by atomic mass is 10.3. The van der Waals surface area contributed by atoms with E-state index in [-0.39, 0.29) is 0 Å². The van der Waals surface area contributed by atoms with Crippen LogP contribution in [0.15, 0.2) is 24.3 Å². The average molecular weight is 211 g/mol. The fourth-order valence-electron chi connectivity index (χ4n) is 1.07. The van der Waals surface area contributed by atoms with Crippen molar-refractivity contribution >= 4 is 0 Å². The lowest BCUT2D eigenvalue weighted by Crippen LogP contribution is -2.10. The second-order valence-corrected chi connectivity index (χ2v) is 2.95. The van der Waals surface area contributed by atoms with E-state index >= 15 is 0 Å². The van der Waals surface area contributed by atoms with Gasteiger partial charge in [0.05, 0.1) is 6.61 Å². The molecule has 15 heavy (non-hydrogen) atoms. The Hall–Kier alpha value is -1.26. The first-order valence-corrected chi connectivity index (χ1v) is 4.91. The van der Waals surface area contributed by atoms with E-state index in [4.69, 9.17) is 19.9 Å². The molecule has 2 N–H and O–H groups in total. The third-order valence-corrected chi connectivity index (χ3v) is 1.75. The molecule has 0 spiro atoms. The van der Waals surface area contributed by atoms with E-state index in [1.54, 1.807) is 7.11 Å². The van der Waals surface area contributed by atoms with Crippen molar-refractivity contribution in [2.24, 2.45) is 5.73 Å². The molecule has 0 bridgehead atoms. The van der Waals surface area contributed by atoms with Crippen molar-refractivity contribution in [2.75, 3.05) is 33.5 Å². The average Bonchev–Trinajstić information content (AvgIpc) is 2.27. The van der Waals surface area contributed by atoms with Gasteiger partial charge >= 0.3 is 0 Å². The number of methoxy groups -OCH3 is 1. The van der Waals surface area contributed by atoms with E-state index in [1.165, 1.54) is 0 Å². The molecule has 0 saturated heterocycles. The SMILES string of the molecule is COCCOc1cccc(OCCN)c1. The molecule has 0 heterocycles. The van der Waals surface area contributed by atoms with Crippen LogP contribution < -0.4 is 15.2 Å². The molecule has 1 aromatic carbocycles. The fourth-order valence-corrected chi connectivity index (χ4v) is 1.07. The van der Waals surface area contributed by atoms with Crippen LogP contribution in [-0.4, -0.2) is 33.5 Å². The lowest BCUT2D eigenvalue weighted by molar-refractivity contribution is 0.146. The standard InChI is InChI=1S/C11H17NO3/c1-13-7-8-15-11-4-2-3-10(9-11)14-6-5-12/h2-4,9H,5-8,12H2,1H3. The maximum Gasteiger partial charge on any atom is 0.123 e. The Morgan fingerprint density at radius 3 is 2.33 bits per heavy atom. The molecule has 0 aromatic heterocycles. The molecule has 0 aliphatic rings. The van der Waals surface area contributed by atoms with Crippen molar-refractivity contribution in [1.82, 2.24) is 0 Å². The smallest absolute Gasteiger partial charge is 0.123 e. The van der Waals surface area contributed by atoms with Gasteiger partial charge in [0, 0.05) is 19.7 Å². The first kappa shape index (κ1) is 11.8. The Morgan fingerprint density at radius 2 is 1.73 bits per heavy atom. The summed E-state index contributed by atoms with van der Waals surface area (Å²) in [6.07, 6.45) is 0. The van der Waals surface area contributed by atoms with Gasteiger partial charge in [-0.1, -0.05) is 6.07 Å². The number of rotatable bonds is 7. The fraction of sp³-hybridized carbons (Fsp3) is 0.455. The molecule has 0 aliphatic carbocycles. The number of ether oxygens (including phenoxy) is 3. The van der Waals surface area contributed by atoms with Crippen LogP contribution in [0.5, 0.6) is 11.5 Å². The van der Waals surface area contributed by atoms with Gasteiger partial charge in [0.15, 0.2) is 0 Å². The van der Waals surface area contributed by atoms with E-state index in [9.17, 15) is 0 Å². The summed E-state index contributed by atoms with van der Waals surface area (Å²) in [4.78, 5) is 0. The minimum Gasteiger partial charge on any atom is -0.492 e. The van der Waals surface area contributed by atoms with Gasteiger partial charge in [0.1, 0.15) is 24.7 Å². The summed E-state index contributed by atoms with van der Waals surface area (Å²) in [5.41, 5.74) is 5.34. The minimum atomic E-state index is 0.509. The summed E-state index contributed by atoms with van der Waals surface area (Å²) in [6.45, 7) is 2.14. The third kappa shape index (κ3) is 4.67. The lowest BCUT2D eigenvalue weighted by Gasteiger charge is -2.08. The normalized spacial score (nSPS) is 10.0. The van der Waals surface area contributed by atoms with Crippen molar-refractivity contribution in [2.45, 2.75) is 0 Å². The monoisotopic (exact) mass is 211 g/mol.